The highest BCUT2D eigenvalue weighted by Gasteiger charge is 2.67. The zero-order valence-electron chi connectivity index (χ0n) is 28.2. The number of aryl methyl sites for hydroxylation is 2. The molecular weight excluding hydrogens is 580 g/mol. The molecule has 0 fully saturated rings. The van der Waals surface area contributed by atoms with Crippen molar-refractivity contribution in [1.29, 1.82) is 0 Å². The average molecular weight is 619 g/mol. The summed E-state index contributed by atoms with van der Waals surface area (Å²) in [5.41, 5.74) is 9.54. The first-order valence-corrected chi connectivity index (χ1v) is 16.4. The Labute approximate surface area is 275 Å². The predicted octanol–water partition coefficient (Wildman–Crippen LogP) is 9.36. The molecule has 3 aromatic heterocycles. The van der Waals surface area contributed by atoms with E-state index in [-0.39, 0.29) is 10.8 Å². The van der Waals surface area contributed by atoms with Gasteiger partial charge in [-0.1, -0.05) is 70.2 Å². The molecule has 0 radical (unpaired) electrons. The van der Waals surface area contributed by atoms with Crippen LogP contribution in [-0.2, 0) is 21.1 Å². The van der Waals surface area contributed by atoms with Gasteiger partial charge in [-0.25, -0.2) is 15.0 Å². The van der Waals surface area contributed by atoms with Crippen LogP contribution in [0.5, 0.6) is 11.6 Å². The molecule has 3 aliphatic rings. The lowest BCUT2D eigenvalue weighted by atomic mass is 9.71. The number of rotatable bonds is 3. The maximum atomic E-state index is 6.89. The van der Waals surface area contributed by atoms with Crippen LogP contribution in [0, 0.1) is 13.8 Å². The highest BCUT2D eigenvalue weighted by atomic mass is 16.5. The van der Waals surface area contributed by atoms with Gasteiger partial charge in [0.2, 0.25) is 11.8 Å². The molecule has 47 heavy (non-hydrogen) atoms. The Morgan fingerprint density at radius 1 is 0.745 bits per heavy atom. The van der Waals surface area contributed by atoms with Crippen LogP contribution < -0.4 is 4.74 Å². The maximum absolute atomic E-state index is 6.89. The van der Waals surface area contributed by atoms with Gasteiger partial charge >= 0.3 is 0 Å². The number of para-hydroxylation sites is 1. The maximum Gasteiger partial charge on any atom is 0.220 e. The quantitative estimate of drug-likeness (QED) is 0.198. The molecule has 0 amide bonds. The fourth-order valence-electron chi connectivity index (χ4n) is 8.69. The number of aromatic nitrogens is 3. The second-order valence-corrected chi connectivity index (χ2v) is 14.9. The molecule has 0 N–H and O–H groups in total. The molecule has 2 atom stereocenters. The van der Waals surface area contributed by atoms with E-state index in [2.05, 4.69) is 114 Å². The van der Waals surface area contributed by atoms with Gasteiger partial charge in [-0.2, -0.15) is 0 Å². The molecule has 6 heteroatoms. The number of fused-ring (bicyclic) bond motifs is 8. The minimum Gasteiger partial charge on any atom is -0.467 e. The Kier molecular flexibility index (Phi) is 5.34. The first kappa shape index (κ1) is 28.3. The summed E-state index contributed by atoms with van der Waals surface area (Å²) in [7, 11) is 0. The van der Waals surface area contributed by atoms with Crippen molar-refractivity contribution in [1.82, 2.24) is 14.5 Å². The van der Waals surface area contributed by atoms with E-state index in [0.717, 1.165) is 39.3 Å². The van der Waals surface area contributed by atoms with Crippen LogP contribution >= 0.6 is 0 Å². The minimum atomic E-state index is -0.547. The lowest BCUT2D eigenvalue weighted by Gasteiger charge is -2.41. The van der Waals surface area contributed by atoms with Gasteiger partial charge in [0.05, 0.1) is 11.2 Å². The zero-order valence-corrected chi connectivity index (χ0v) is 28.2. The van der Waals surface area contributed by atoms with Gasteiger partial charge in [0.15, 0.2) is 0 Å². The third-order valence-corrected chi connectivity index (χ3v) is 11.7. The summed E-state index contributed by atoms with van der Waals surface area (Å²) in [6.45, 7) is 17.6. The number of benzene rings is 3. The van der Waals surface area contributed by atoms with E-state index in [0.29, 0.717) is 11.8 Å². The van der Waals surface area contributed by atoms with Crippen molar-refractivity contribution in [3.63, 3.8) is 0 Å². The van der Waals surface area contributed by atoms with E-state index in [9.17, 15) is 0 Å². The standard InChI is InChI=1S/C41H38N4O2/c1-23-19-31-32(45-35-26(27-14-12-18-42-36(27)45)13-11-17-30(35)38(31,3)4)22-33(23)46-34-21-25(20-24(2)43-34)37-44-40(7)29-16-10-9-15-28(29)39(5,6)41(40,8)47-37/h9-22H,1-8H3/t40-,41+/m1/s1. The van der Waals surface area contributed by atoms with Crippen LogP contribution in [0.4, 0.5) is 0 Å². The second kappa shape index (κ2) is 8.88. The average Bonchev–Trinajstić information content (AvgIpc) is 3.57. The van der Waals surface area contributed by atoms with Gasteiger partial charge < -0.3 is 9.47 Å². The number of aliphatic imine (C=N–C) groups is 1. The molecule has 2 aliphatic heterocycles. The number of hydrogen-bond acceptors (Lipinski definition) is 5. The van der Waals surface area contributed by atoms with Gasteiger partial charge in [-0.3, -0.25) is 4.57 Å². The Bertz CT molecular complexity index is 2380. The smallest absolute Gasteiger partial charge is 0.220 e. The Hall–Kier alpha value is -4.97. The SMILES string of the molecule is Cc1cc(C2=N[C@]3(C)c4ccccc4C(C)(C)[C@]3(C)O2)cc(Oc2cc3c(cc2C)C(C)(C)c2cccc4c5cccnc5n-3c24)n1. The number of ether oxygens (including phenoxy) is 2. The predicted molar refractivity (Wildman–Crippen MR) is 187 cm³/mol. The van der Waals surface area contributed by atoms with E-state index < -0.39 is 11.1 Å². The van der Waals surface area contributed by atoms with Gasteiger partial charge in [0.1, 0.15) is 22.5 Å². The molecule has 234 valence electrons. The summed E-state index contributed by atoms with van der Waals surface area (Å²) in [5, 5.41) is 2.36. The van der Waals surface area contributed by atoms with Crippen molar-refractivity contribution in [2.45, 2.75) is 77.4 Å². The fraction of sp³-hybridized carbons (Fsp3) is 0.293. The normalized spacial score (nSPS) is 22.9. The number of nitrogens with zero attached hydrogens (tertiary/aromatic N) is 4. The van der Waals surface area contributed by atoms with Crippen molar-refractivity contribution in [2.24, 2.45) is 4.99 Å². The molecule has 0 unspecified atom stereocenters. The molecule has 0 bridgehead atoms. The van der Waals surface area contributed by atoms with Crippen LogP contribution in [0.25, 0.3) is 27.6 Å². The largest absolute Gasteiger partial charge is 0.467 e. The van der Waals surface area contributed by atoms with E-state index in [1.165, 1.54) is 33.2 Å². The third-order valence-electron chi connectivity index (χ3n) is 11.7. The third kappa shape index (κ3) is 3.43. The summed E-state index contributed by atoms with van der Waals surface area (Å²) in [5.74, 6) is 1.90. The Morgan fingerprint density at radius 3 is 2.30 bits per heavy atom. The van der Waals surface area contributed by atoms with Gasteiger partial charge in [-0.05, 0) is 79.8 Å². The molecule has 6 aromatic rings. The van der Waals surface area contributed by atoms with Crippen molar-refractivity contribution >= 4 is 27.8 Å². The van der Waals surface area contributed by atoms with Crippen LogP contribution in [-0.4, -0.2) is 26.0 Å². The van der Waals surface area contributed by atoms with Gasteiger partial charge in [-0.15, -0.1) is 0 Å². The van der Waals surface area contributed by atoms with Crippen molar-refractivity contribution < 1.29 is 9.47 Å². The number of hydrogen-bond donors (Lipinski definition) is 0. The second-order valence-electron chi connectivity index (χ2n) is 14.9. The summed E-state index contributed by atoms with van der Waals surface area (Å²) < 4.78 is 15.9. The van der Waals surface area contributed by atoms with Crippen LogP contribution in [0.2, 0.25) is 0 Å². The van der Waals surface area contributed by atoms with Gasteiger partial charge in [0.25, 0.3) is 0 Å². The zero-order chi connectivity index (χ0) is 32.7. The highest BCUT2D eigenvalue weighted by Crippen LogP contribution is 2.61. The van der Waals surface area contributed by atoms with Crippen molar-refractivity contribution in [3.05, 3.63) is 124 Å². The molecular formula is C41H38N4O2. The van der Waals surface area contributed by atoms with Crippen LogP contribution in [0.3, 0.4) is 0 Å². The molecule has 9 rings (SSSR count). The molecule has 0 saturated heterocycles. The lowest BCUT2D eigenvalue weighted by molar-refractivity contribution is -0.0136. The molecule has 5 heterocycles. The summed E-state index contributed by atoms with van der Waals surface area (Å²) in [4.78, 5) is 15.0. The lowest BCUT2D eigenvalue weighted by Crippen LogP contribution is -2.51. The molecule has 0 saturated carbocycles. The summed E-state index contributed by atoms with van der Waals surface area (Å²) in [6, 6.07) is 27.8. The molecule has 0 spiro atoms. The molecule has 6 nitrogen and oxygen atoms in total. The highest BCUT2D eigenvalue weighted by molar-refractivity contribution is 6.10. The summed E-state index contributed by atoms with van der Waals surface area (Å²) in [6.07, 6.45) is 1.87. The summed E-state index contributed by atoms with van der Waals surface area (Å²) >= 11 is 0. The van der Waals surface area contributed by atoms with E-state index in [4.69, 9.17) is 24.4 Å². The minimum absolute atomic E-state index is 0.202. The van der Waals surface area contributed by atoms with Crippen molar-refractivity contribution in [2.75, 3.05) is 0 Å². The van der Waals surface area contributed by atoms with Crippen LogP contribution in [0.1, 0.15) is 80.6 Å². The van der Waals surface area contributed by atoms with Crippen LogP contribution in [0.15, 0.2) is 90.1 Å². The van der Waals surface area contributed by atoms with E-state index >= 15 is 0 Å². The monoisotopic (exact) mass is 618 g/mol. The van der Waals surface area contributed by atoms with Crippen molar-refractivity contribution in [3.8, 4) is 17.3 Å². The Morgan fingerprint density at radius 2 is 1.49 bits per heavy atom. The fourth-order valence-corrected chi connectivity index (χ4v) is 8.69. The van der Waals surface area contributed by atoms with E-state index in [1.807, 2.05) is 31.3 Å². The topological polar surface area (TPSA) is 61.5 Å². The first-order valence-electron chi connectivity index (χ1n) is 16.4. The molecule has 1 aliphatic carbocycles. The Balaban J connectivity index is 1.16. The van der Waals surface area contributed by atoms with E-state index in [1.54, 1.807) is 0 Å². The first-order chi connectivity index (χ1) is 22.3. The van der Waals surface area contributed by atoms with Gasteiger partial charge in [0, 0.05) is 51.2 Å². The number of pyridine rings is 2. The molecule has 3 aromatic carbocycles.